The lowest BCUT2D eigenvalue weighted by Crippen LogP contribution is -2.48. The van der Waals surface area contributed by atoms with Crippen LogP contribution in [0.1, 0.15) is 42.3 Å². The maximum absolute atomic E-state index is 12.5. The van der Waals surface area contributed by atoms with Crippen LogP contribution in [-0.2, 0) is 4.79 Å². The van der Waals surface area contributed by atoms with Crippen LogP contribution in [0.5, 0.6) is 0 Å². The standard InChI is InChI=1S/C18H21BrN2O3/c1-11-14-10-13(19)6-7-15(14)24-16(11)17(22)20-12(2)18(23)21-8-4-3-5-9-21/h6-7,10,12H,3-5,8-9H2,1-2H3,(H,20,22). The van der Waals surface area contributed by atoms with Crippen molar-refractivity contribution >= 4 is 38.7 Å². The van der Waals surface area contributed by atoms with Gasteiger partial charge in [-0.3, -0.25) is 9.59 Å². The summed E-state index contributed by atoms with van der Waals surface area (Å²) in [6.07, 6.45) is 3.23. The fourth-order valence-electron chi connectivity index (χ4n) is 3.12. The van der Waals surface area contributed by atoms with Gasteiger partial charge in [-0.15, -0.1) is 0 Å². The Morgan fingerprint density at radius 3 is 2.67 bits per heavy atom. The number of nitrogens with zero attached hydrogens (tertiary/aromatic N) is 1. The minimum Gasteiger partial charge on any atom is -0.451 e. The maximum Gasteiger partial charge on any atom is 0.287 e. The third-order valence-electron chi connectivity index (χ3n) is 4.49. The zero-order valence-electron chi connectivity index (χ0n) is 13.9. The molecule has 5 nitrogen and oxygen atoms in total. The number of piperidine rings is 1. The first kappa shape index (κ1) is 17.0. The Labute approximate surface area is 149 Å². The molecule has 1 N–H and O–H groups in total. The highest BCUT2D eigenvalue weighted by atomic mass is 79.9. The van der Waals surface area contributed by atoms with Gasteiger partial charge in [0.15, 0.2) is 5.76 Å². The van der Waals surface area contributed by atoms with Crippen LogP contribution in [-0.4, -0.2) is 35.8 Å². The molecule has 2 amide bonds. The average Bonchev–Trinajstić information content (AvgIpc) is 2.91. The Bertz CT molecular complexity index is 778. The first-order chi connectivity index (χ1) is 11.5. The SMILES string of the molecule is Cc1c(C(=O)NC(C)C(=O)N2CCCCC2)oc2ccc(Br)cc12. The highest BCUT2D eigenvalue weighted by molar-refractivity contribution is 9.10. The van der Waals surface area contributed by atoms with E-state index in [0.29, 0.717) is 5.58 Å². The van der Waals surface area contributed by atoms with Crippen LogP contribution in [0.2, 0.25) is 0 Å². The van der Waals surface area contributed by atoms with Crippen molar-refractivity contribution in [3.63, 3.8) is 0 Å². The van der Waals surface area contributed by atoms with Gasteiger partial charge >= 0.3 is 0 Å². The second kappa shape index (κ2) is 6.97. The van der Waals surface area contributed by atoms with Gasteiger partial charge in [-0.2, -0.15) is 0 Å². The van der Waals surface area contributed by atoms with Crippen LogP contribution in [0.25, 0.3) is 11.0 Å². The van der Waals surface area contributed by atoms with Crippen molar-refractivity contribution in [3.05, 3.63) is 34.0 Å². The minimum atomic E-state index is -0.560. The van der Waals surface area contributed by atoms with Crippen LogP contribution in [0, 0.1) is 6.92 Å². The third kappa shape index (κ3) is 3.34. The van der Waals surface area contributed by atoms with Crippen molar-refractivity contribution in [2.24, 2.45) is 0 Å². The van der Waals surface area contributed by atoms with E-state index >= 15 is 0 Å². The van der Waals surface area contributed by atoms with E-state index in [0.717, 1.165) is 47.8 Å². The molecule has 1 aliphatic heterocycles. The van der Waals surface area contributed by atoms with Crippen molar-refractivity contribution in [1.82, 2.24) is 10.2 Å². The van der Waals surface area contributed by atoms with Crippen LogP contribution < -0.4 is 5.32 Å². The number of likely N-dealkylation sites (tertiary alicyclic amines) is 1. The number of aryl methyl sites for hydroxylation is 1. The smallest absolute Gasteiger partial charge is 0.287 e. The molecule has 3 rings (SSSR count). The Morgan fingerprint density at radius 1 is 1.25 bits per heavy atom. The molecule has 128 valence electrons. The van der Waals surface area contributed by atoms with E-state index in [2.05, 4.69) is 21.2 Å². The van der Waals surface area contributed by atoms with Gasteiger partial charge in [0.1, 0.15) is 11.6 Å². The highest BCUT2D eigenvalue weighted by Gasteiger charge is 2.26. The molecule has 1 unspecified atom stereocenters. The Balaban J connectivity index is 1.74. The van der Waals surface area contributed by atoms with E-state index in [1.807, 2.05) is 30.0 Å². The number of halogens is 1. The molecule has 1 saturated heterocycles. The molecule has 1 atom stereocenters. The van der Waals surface area contributed by atoms with E-state index in [9.17, 15) is 9.59 Å². The van der Waals surface area contributed by atoms with Gasteiger partial charge in [0.05, 0.1) is 0 Å². The largest absolute Gasteiger partial charge is 0.451 e. The van der Waals surface area contributed by atoms with Crippen molar-refractivity contribution in [2.75, 3.05) is 13.1 Å². The number of furan rings is 1. The van der Waals surface area contributed by atoms with Gasteiger partial charge < -0.3 is 14.6 Å². The third-order valence-corrected chi connectivity index (χ3v) is 4.98. The van der Waals surface area contributed by atoms with E-state index < -0.39 is 6.04 Å². The molecule has 2 aromatic rings. The molecule has 1 aliphatic rings. The second-order valence-corrected chi connectivity index (χ2v) is 7.19. The molecule has 0 aliphatic carbocycles. The highest BCUT2D eigenvalue weighted by Crippen LogP contribution is 2.28. The lowest BCUT2D eigenvalue weighted by atomic mass is 10.1. The Kier molecular flexibility index (Phi) is 4.94. The predicted molar refractivity (Wildman–Crippen MR) is 96.0 cm³/mol. The van der Waals surface area contributed by atoms with Crippen LogP contribution >= 0.6 is 15.9 Å². The molecule has 1 aromatic carbocycles. The predicted octanol–water partition coefficient (Wildman–Crippen LogP) is 3.63. The maximum atomic E-state index is 12.5. The molecule has 0 radical (unpaired) electrons. The lowest BCUT2D eigenvalue weighted by Gasteiger charge is -2.29. The van der Waals surface area contributed by atoms with E-state index in [4.69, 9.17) is 4.42 Å². The number of hydrogen-bond donors (Lipinski definition) is 1. The van der Waals surface area contributed by atoms with Crippen LogP contribution in [0.3, 0.4) is 0 Å². The van der Waals surface area contributed by atoms with Crippen LogP contribution in [0.4, 0.5) is 0 Å². The number of carbonyl (C=O) groups excluding carboxylic acids is 2. The van der Waals surface area contributed by atoms with E-state index in [1.165, 1.54) is 0 Å². The fraction of sp³-hybridized carbons (Fsp3) is 0.444. The minimum absolute atomic E-state index is 0.0282. The van der Waals surface area contributed by atoms with Gasteiger partial charge in [0.25, 0.3) is 5.91 Å². The second-order valence-electron chi connectivity index (χ2n) is 6.28. The Hall–Kier alpha value is -1.82. The summed E-state index contributed by atoms with van der Waals surface area (Å²) >= 11 is 3.42. The number of carbonyl (C=O) groups is 2. The zero-order chi connectivity index (χ0) is 17.3. The summed E-state index contributed by atoms with van der Waals surface area (Å²) in [5, 5.41) is 3.67. The van der Waals surface area contributed by atoms with Crippen molar-refractivity contribution in [2.45, 2.75) is 39.2 Å². The number of nitrogens with one attached hydrogen (secondary N) is 1. The summed E-state index contributed by atoms with van der Waals surface area (Å²) < 4.78 is 6.61. The lowest BCUT2D eigenvalue weighted by molar-refractivity contribution is -0.133. The summed E-state index contributed by atoms with van der Waals surface area (Å²) in [6, 6.07) is 5.06. The monoisotopic (exact) mass is 392 g/mol. The molecule has 2 heterocycles. The zero-order valence-corrected chi connectivity index (χ0v) is 15.5. The van der Waals surface area contributed by atoms with E-state index in [1.54, 1.807) is 6.92 Å². The van der Waals surface area contributed by atoms with Gasteiger partial charge in [0.2, 0.25) is 5.91 Å². The van der Waals surface area contributed by atoms with Gasteiger partial charge in [-0.05, 0) is 51.3 Å². The molecule has 1 aromatic heterocycles. The summed E-state index contributed by atoms with van der Waals surface area (Å²) in [4.78, 5) is 26.8. The molecule has 0 saturated carbocycles. The molecule has 0 spiro atoms. The van der Waals surface area contributed by atoms with Crippen molar-refractivity contribution in [1.29, 1.82) is 0 Å². The van der Waals surface area contributed by atoms with Crippen molar-refractivity contribution < 1.29 is 14.0 Å². The number of amides is 2. The molecular formula is C18H21BrN2O3. The number of hydrogen-bond acceptors (Lipinski definition) is 3. The number of fused-ring (bicyclic) bond motifs is 1. The molecule has 1 fully saturated rings. The van der Waals surface area contributed by atoms with Gasteiger partial charge in [-0.25, -0.2) is 0 Å². The average molecular weight is 393 g/mol. The van der Waals surface area contributed by atoms with Crippen LogP contribution in [0.15, 0.2) is 27.1 Å². The first-order valence-electron chi connectivity index (χ1n) is 8.25. The molecule has 24 heavy (non-hydrogen) atoms. The molecule has 6 heteroatoms. The summed E-state index contributed by atoms with van der Waals surface area (Å²) in [7, 11) is 0. The number of rotatable bonds is 3. The van der Waals surface area contributed by atoms with Crippen molar-refractivity contribution in [3.8, 4) is 0 Å². The quantitative estimate of drug-likeness (QED) is 0.866. The first-order valence-corrected chi connectivity index (χ1v) is 9.05. The van der Waals surface area contributed by atoms with Gasteiger partial charge in [-0.1, -0.05) is 15.9 Å². The topological polar surface area (TPSA) is 62.6 Å². The Morgan fingerprint density at radius 2 is 1.96 bits per heavy atom. The molecule has 0 bridgehead atoms. The normalized spacial score (nSPS) is 16.2. The van der Waals surface area contributed by atoms with Gasteiger partial charge in [0, 0.05) is 28.5 Å². The summed E-state index contributed by atoms with van der Waals surface area (Å²) in [5.41, 5.74) is 1.44. The van der Waals surface area contributed by atoms with E-state index in [-0.39, 0.29) is 17.6 Å². The molecular weight excluding hydrogens is 372 g/mol. The number of benzene rings is 1. The summed E-state index contributed by atoms with van der Waals surface area (Å²) in [5.74, 6) is -0.112. The summed E-state index contributed by atoms with van der Waals surface area (Å²) in [6.45, 7) is 5.13. The fourth-order valence-corrected chi connectivity index (χ4v) is 3.48.